The number of fused-ring (bicyclic) bond motifs is 1. The summed E-state index contributed by atoms with van der Waals surface area (Å²) in [6, 6.07) is 0.154. The van der Waals surface area contributed by atoms with Crippen LogP contribution < -0.4 is 0 Å². The Kier molecular flexibility index (Phi) is 4.01. The first kappa shape index (κ1) is 16.2. The lowest BCUT2D eigenvalue weighted by Crippen LogP contribution is -2.26. The maximum absolute atomic E-state index is 5.65. The van der Waals surface area contributed by atoms with Crippen LogP contribution in [0.15, 0.2) is 18.6 Å². The third-order valence-corrected chi connectivity index (χ3v) is 5.26. The molecule has 1 aliphatic rings. The fourth-order valence-corrected chi connectivity index (χ4v) is 3.72. The van der Waals surface area contributed by atoms with Gasteiger partial charge in [-0.1, -0.05) is 0 Å². The molecule has 0 aromatic carbocycles. The zero-order chi connectivity index (χ0) is 17.6. The number of hydrogen-bond donors (Lipinski definition) is 0. The Balaban J connectivity index is 1.70. The summed E-state index contributed by atoms with van der Waals surface area (Å²) in [6.45, 7) is 5.89. The van der Waals surface area contributed by atoms with Crippen molar-refractivity contribution in [2.75, 3.05) is 13.7 Å². The molecular weight excluding hydrogens is 318 g/mol. The second-order valence-corrected chi connectivity index (χ2v) is 6.67. The van der Waals surface area contributed by atoms with Crippen LogP contribution in [0.2, 0.25) is 0 Å². The van der Waals surface area contributed by atoms with E-state index in [1.54, 1.807) is 19.5 Å². The molecule has 0 bridgehead atoms. The van der Waals surface area contributed by atoms with Crippen molar-refractivity contribution >= 4 is 5.65 Å². The molecule has 132 valence electrons. The van der Waals surface area contributed by atoms with Crippen molar-refractivity contribution in [1.29, 1.82) is 0 Å². The lowest BCUT2D eigenvalue weighted by Gasteiger charge is -2.23. The van der Waals surface area contributed by atoms with E-state index in [0.717, 1.165) is 36.7 Å². The van der Waals surface area contributed by atoms with Crippen molar-refractivity contribution < 1.29 is 4.74 Å². The molecule has 4 heterocycles. The van der Waals surface area contributed by atoms with E-state index >= 15 is 0 Å². The molecule has 0 spiro atoms. The number of likely N-dealkylation sites (tertiary alicyclic amines) is 1. The molecule has 0 aliphatic carbocycles. The van der Waals surface area contributed by atoms with Crippen molar-refractivity contribution in [2.24, 2.45) is 7.05 Å². The number of rotatable bonds is 4. The topological polar surface area (TPSA) is 73.4 Å². The van der Waals surface area contributed by atoms with Gasteiger partial charge in [-0.3, -0.25) is 19.0 Å². The molecule has 0 saturated carbocycles. The van der Waals surface area contributed by atoms with Crippen molar-refractivity contribution in [3.05, 3.63) is 41.4 Å². The summed E-state index contributed by atoms with van der Waals surface area (Å²) in [5.41, 5.74) is 4.33. The molecule has 4 rings (SSSR count). The van der Waals surface area contributed by atoms with Gasteiger partial charge in [0.2, 0.25) is 0 Å². The summed E-state index contributed by atoms with van der Waals surface area (Å²) in [4.78, 5) is 6.54. The molecule has 25 heavy (non-hydrogen) atoms. The van der Waals surface area contributed by atoms with Crippen LogP contribution in [0.4, 0.5) is 0 Å². The van der Waals surface area contributed by atoms with Gasteiger partial charge in [0.15, 0.2) is 11.5 Å². The summed E-state index contributed by atoms with van der Waals surface area (Å²) in [6.07, 6.45) is 6.51. The second-order valence-electron chi connectivity index (χ2n) is 6.67. The Morgan fingerprint density at radius 3 is 2.84 bits per heavy atom. The minimum atomic E-state index is 0.154. The smallest absolute Gasteiger partial charge is 0.179 e. The number of aryl methyl sites for hydroxylation is 2. The standard InChI is InChI=1S/C17H23N7O/c1-11-14(12(2)22(3)21-11)10-23-9-13(25-4)7-15(23)17-20-19-16-8-18-5-6-24(16)17/h5-6,8,13,15H,7,9-10H2,1-4H3/t13-,15+/m1/s1. The monoisotopic (exact) mass is 341 g/mol. The summed E-state index contributed by atoms with van der Waals surface area (Å²) in [5, 5.41) is 13.3. The van der Waals surface area contributed by atoms with Gasteiger partial charge < -0.3 is 4.74 Å². The molecule has 1 aliphatic heterocycles. The quantitative estimate of drug-likeness (QED) is 0.715. The minimum absolute atomic E-state index is 0.154. The lowest BCUT2D eigenvalue weighted by molar-refractivity contribution is 0.107. The van der Waals surface area contributed by atoms with Gasteiger partial charge in [-0.25, -0.2) is 0 Å². The van der Waals surface area contributed by atoms with Crippen LogP contribution >= 0.6 is 0 Å². The number of aromatic nitrogens is 6. The second kappa shape index (κ2) is 6.20. The van der Waals surface area contributed by atoms with Crippen LogP contribution in [0.3, 0.4) is 0 Å². The fourth-order valence-electron chi connectivity index (χ4n) is 3.72. The van der Waals surface area contributed by atoms with Gasteiger partial charge in [-0.05, 0) is 20.3 Å². The van der Waals surface area contributed by atoms with E-state index in [4.69, 9.17) is 4.74 Å². The number of methoxy groups -OCH3 is 1. The van der Waals surface area contributed by atoms with Gasteiger partial charge in [0.1, 0.15) is 0 Å². The van der Waals surface area contributed by atoms with Crippen LogP contribution in [0.25, 0.3) is 5.65 Å². The van der Waals surface area contributed by atoms with Gasteiger partial charge in [0.05, 0.1) is 24.0 Å². The van der Waals surface area contributed by atoms with E-state index in [2.05, 4.69) is 39.0 Å². The van der Waals surface area contributed by atoms with Gasteiger partial charge in [-0.15, -0.1) is 10.2 Å². The Morgan fingerprint density at radius 2 is 2.12 bits per heavy atom. The van der Waals surface area contributed by atoms with E-state index in [0.29, 0.717) is 0 Å². The zero-order valence-corrected chi connectivity index (χ0v) is 15.0. The molecule has 1 saturated heterocycles. The van der Waals surface area contributed by atoms with Crippen molar-refractivity contribution in [2.45, 2.75) is 39.0 Å². The molecule has 8 heteroatoms. The van der Waals surface area contributed by atoms with Gasteiger partial charge >= 0.3 is 0 Å². The van der Waals surface area contributed by atoms with Gasteiger partial charge in [0.25, 0.3) is 0 Å². The Labute approximate surface area is 146 Å². The normalized spacial score (nSPS) is 21.4. The summed E-state index contributed by atoms with van der Waals surface area (Å²) < 4.78 is 9.62. The maximum atomic E-state index is 5.65. The zero-order valence-electron chi connectivity index (χ0n) is 15.0. The van der Waals surface area contributed by atoms with E-state index in [1.165, 1.54) is 11.3 Å². The maximum Gasteiger partial charge on any atom is 0.179 e. The lowest BCUT2D eigenvalue weighted by atomic mass is 10.1. The Morgan fingerprint density at radius 1 is 1.28 bits per heavy atom. The highest BCUT2D eigenvalue weighted by atomic mass is 16.5. The van der Waals surface area contributed by atoms with E-state index in [1.807, 2.05) is 22.3 Å². The average Bonchev–Trinajstić information content (AvgIpc) is 3.27. The van der Waals surface area contributed by atoms with Gasteiger partial charge in [-0.2, -0.15) is 5.10 Å². The molecule has 2 atom stereocenters. The molecule has 0 amide bonds. The van der Waals surface area contributed by atoms with Crippen LogP contribution in [0.1, 0.15) is 35.2 Å². The third kappa shape index (κ3) is 2.71. The highest BCUT2D eigenvalue weighted by Gasteiger charge is 2.36. The number of hydrogen-bond acceptors (Lipinski definition) is 6. The summed E-state index contributed by atoms with van der Waals surface area (Å²) in [5.74, 6) is 0.941. The minimum Gasteiger partial charge on any atom is -0.380 e. The number of ether oxygens (including phenoxy) is 1. The molecule has 3 aromatic heterocycles. The predicted molar refractivity (Wildman–Crippen MR) is 92.0 cm³/mol. The molecule has 0 radical (unpaired) electrons. The molecule has 0 N–H and O–H groups in total. The average molecular weight is 341 g/mol. The first-order valence-corrected chi connectivity index (χ1v) is 8.49. The van der Waals surface area contributed by atoms with E-state index in [9.17, 15) is 0 Å². The van der Waals surface area contributed by atoms with Crippen LogP contribution in [0.5, 0.6) is 0 Å². The van der Waals surface area contributed by atoms with Crippen molar-refractivity contribution in [1.82, 2.24) is 34.3 Å². The fraction of sp³-hybridized carbons (Fsp3) is 0.529. The van der Waals surface area contributed by atoms with Crippen molar-refractivity contribution in [3.63, 3.8) is 0 Å². The van der Waals surface area contributed by atoms with Crippen LogP contribution in [-0.2, 0) is 18.3 Å². The van der Waals surface area contributed by atoms with E-state index < -0.39 is 0 Å². The summed E-state index contributed by atoms with van der Waals surface area (Å²) in [7, 11) is 3.77. The largest absolute Gasteiger partial charge is 0.380 e. The first-order valence-electron chi connectivity index (χ1n) is 8.49. The SMILES string of the molecule is CO[C@@H]1C[C@@H](c2nnc3cnccn23)N(Cc2c(C)nn(C)c2C)C1. The number of nitrogens with zero attached hydrogens (tertiary/aromatic N) is 7. The highest BCUT2D eigenvalue weighted by molar-refractivity contribution is 5.34. The third-order valence-electron chi connectivity index (χ3n) is 5.26. The molecule has 3 aromatic rings. The van der Waals surface area contributed by atoms with Gasteiger partial charge in [0, 0.05) is 50.9 Å². The highest BCUT2D eigenvalue weighted by Crippen LogP contribution is 2.34. The van der Waals surface area contributed by atoms with Crippen LogP contribution in [-0.4, -0.2) is 54.0 Å². The summed E-state index contributed by atoms with van der Waals surface area (Å²) >= 11 is 0. The van der Waals surface area contributed by atoms with E-state index in [-0.39, 0.29) is 12.1 Å². The van der Waals surface area contributed by atoms with Crippen LogP contribution in [0, 0.1) is 13.8 Å². The predicted octanol–water partition coefficient (Wildman–Crippen LogP) is 1.44. The Bertz CT molecular complexity index is 900. The molecule has 0 unspecified atom stereocenters. The van der Waals surface area contributed by atoms with Crippen molar-refractivity contribution in [3.8, 4) is 0 Å². The Hall–Kier alpha value is -2.32. The molecular formula is C17H23N7O. The molecule has 8 nitrogen and oxygen atoms in total. The molecule has 1 fully saturated rings. The first-order chi connectivity index (χ1) is 12.1.